The number of rotatable bonds is 5. The third-order valence-corrected chi connectivity index (χ3v) is 6.26. The van der Waals surface area contributed by atoms with Crippen LogP contribution in [-0.2, 0) is 21.2 Å². The first-order valence-corrected chi connectivity index (χ1v) is 11.0. The minimum Gasteiger partial charge on any atom is -0.451 e. The van der Waals surface area contributed by atoms with E-state index in [4.69, 9.17) is 4.74 Å². The molecule has 1 aliphatic heterocycles. The topological polar surface area (TPSA) is 96.5 Å². The molecular formula is C21H20N2O5S. The standard InChI is InChI=1S/C21H20N2O5S/c1-13(20(24)17-12-22-18-6-4-3-5-16(17)18)28-21(25)15-7-8-19-14(11-15)9-10-23(19)29(2,26)27/h3-8,11-13,22H,9-10H2,1-2H3/t13-/m0/s1. The number of sulfonamides is 1. The largest absolute Gasteiger partial charge is 0.451 e. The summed E-state index contributed by atoms with van der Waals surface area (Å²) in [7, 11) is -3.35. The minimum absolute atomic E-state index is 0.290. The van der Waals surface area contributed by atoms with E-state index in [0.29, 0.717) is 24.2 Å². The van der Waals surface area contributed by atoms with Gasteiger partial charge in [0.1, 0.15) is 0 Å². The third-order valence-electron chi connectivity index (χ3n) is 5.08. The van der Waals surface area contributed by atoms with Gasteiger partial charge in [0.15, 0.2) is 6.10 Å². The van der Waals surface area contributed by atoms with Crippen LogP contribution in [0.15, 0.2) is 48.7 Å². The van der Waals surface area contributed by atoms with Crippen LogP contribution in [0.5, 0.6) is 0 Å². The van der Waals surface area contributed by atoms with E-state index in [1.165, 1.54) is 10.4 Å². The van der Waals surface area contributed by atoms with Gasteiger partial charge in [-0.2, -0.15) is 0 Å². The Morgan fingerprint density at radius 2 is 1.93 bits per heavy atom. The van der Waals surface area contributed by atoms with E-state index < -0.39 is 22.1 Å². The number of ketones is 1. The van der Waals surface area contributed by atoms with E-state index in [1.54, 1.807) is 25.3 Å². The number of carbonyl (C=O) groups excluding carboxylic acids is 2. The minimum atomic E-state index is -3.35. The zero-order chi connectivity index (χ0) is 20.8. The number of nitrogens with one attached hydrogen (secondary N) is 1. The summed E-state index contributed by atoms with van der Waals surface area (Å²) in [5, 5.41) is 0.777. The summed E-state index contributed by atoms with van der Waals surface area (Å²) >= 11 is 0. The van der Waals surface area contributed by atoms with Gasteiger partial charge in [0, 0.05) is 29.2 Å². The SMILES string of the molecule is C[C@H](OC(=O)c1ccc2c(c1)CCN2S(C)(=O)=O)C(=O)c1c[nH]c2ccccc12. The summed E-state index contributed by atoms with van der Waals surface area (Å²) < 4.78 is 30.4. The van der Waals surface area contributed by atoms with Crippen molar-refractivity contribution >= 4 is 38.4 Å². The Bertz CT molecular complexity index is 1230. The molecular weight excluding hydrogens is 392 g/mol. The third kappa shape index (κ3) is 3.51. The highest BCUT2D eigenvalue weighted by Crippen LogP contribution is 2.31. The van der Waals surface area contributed by atoms with Crippen LogP contribution in [-0.4, -0.2) is 44.1 Å². The van der Waals surface area contributed by atoms with Gasteiger partial charge in [-0.05, 0) is 43.2 Å². The molecule has 0 saturated heterocycles. The van der Waals surface area contributed by atoms with Gasteiger partial charge < -0.3 is 9.72 Å². The molecule has 2 aromatic carbocycles. The van der Waals surface area contributed by atoms with Crippen LogP contribution >= 0.6 is 0 Å². The number of aromatic amines is 1. The maximum atomic E-state index is 12.8. The monoisotopic (exact) mass is 412 g/mol. The molecule has 0 spiro atoms. The van der Waals surface area contributed by atoms with Crippen LogP contribution in [0.25, 0.3) is 10.9 Å². The van der Waals surface area contributed by atoms with E-state index in [9.17, 15) is 18.0 Å². The Kier molecular flexibility index (Phi) is 4.66. The van der Waals surface area contributed by atoms with E-state index in [0.717, 1.165) is 22.7 Å². The summed E-state index contributed by atoms with van der Waals surface area (Å²) in [4.78, 5) is 28.4. The van der Waals surface area contributed by atoms with Crippen LogP contribution in [0.3, 0.4) is 0 Å². The molecule has 0 bridgehead atoms. The lowest BCUT2D eigenvalue weighted by Gasteiger charge is -2.16. The van der Waals surface area contributed by atoms with E-state index in [1.807, 2.05) is 24.3 Å². The number of carbonyl (C=O) groups is 2. The molecule has 29 heavy (non-hydrogen) atoms. The highest BCUT2D eigenvalue weighted by molar-refractivity contribution is 7.92. The summed E-state index contributed by atoms with van der Waals surface area (Å²) in [5.74, 6) is -0.911. The van der Waals surface area contributed by atoms with Gasteiger partial charge in [-0.25, -0.2) is 13.2 Å². The van der Waals surface area contributed by atoms with Crippen molar-refractivity contribution in [3.8, 4) is 0 Å². The Labute approximate surface area is 168 Å². The molecule has 4 rings (SSSR count). The van der Waals surface area contributed by atoms with Gasteiger partial charge >= 0.3 is 5.97 Å². The van der Waals surface area contributed by atoms with Crippen LogP contribution in [0.4, 0.5) is 5.69 Å². The molecule has 8 heteroatoms. The summed E-state index contributed by atoms with van der Waals surface area (Å²) in [6.45, 7) is 1.89. The van der Waals surface area contributed by atoms with E-state index in [2.05, 4.69) is 4.98 Å². The molecule has 1 N–H and O–H groups in total. The molecule has 7 nitrogen and oxygen atoms in total. The second-order valence-corrected chi connectivity index (χ2v) is 9.00. The Morgan fingerprint density at radius 3 is 2.69 bits per heavy atom. The second kappa shape index (κ2) is 7.04. The quantitative estimate of drug-likeness (QED) is 0.513. The normalized spacial score (nSPS) is 14.6. The van der Waals surface area contributed by atoms with Crippen molar-refractivity contribution in [1.29, 1.82) is 0 Å². The molecule has 0 unspecified atom stereocenters. The predicted octanol–water partition coefficient (Wildman–Crippen LogP) is 2.92. The highest BCUT2D eigenvalue weighted by Gasteiger charge is 2.28. The van der Waals surface area contributed by atoms with Crippen LogP contribution in [0.1, 0.15) is 33.2 Å². The molecule has 0 fully saturated rings. The molecule has 0 radical (unpaired) electrons. The first-order valence-electron chi connectivity index (χ1n) is 9.17. The summed E-state index contributed by atoms with van der Waals surface area (Å²) in [6.07, 6.45) is 2.34. The number of aromatic nitrogens is 1. The van der Waals surface area contributed by atoms with Gasteiger partial charge in [0.25, 0.3) is 0 Å². The van der Waals surface area contributed by atoms with Gasteiger partial charge in [0.05, 0.1) is 17.5 Å². The number of ether oxygens (including phenoxy) is 1. The van der Waals surface area contributed by atoms with Gasteiger partial charge in [0.2, 0.25) is 15.8 Å². The lowest BCUT2D eigenvalue weighted by atomic mass is 10.1. The summed E-state index contributed by atoms with van der Waals surface area (Å²) in [5.41, 5.74) is 2.94. The zero-order valence-corrected chi connectivity index (χ0v) is 16.8. The maximum Gasteiger partial charge on any atom is 0.338 e. The molecule has 150 valence electrons. The number of benzene rings is 2. The van der Waals surface area contributed by atoms with Crippen LogP contribution in [0, 0.1) is 0 Å². The number of H-pyrrole nitrogens is 1. The number of hydrogen-bond acceptors (Lipinski definition) is 5. The highest BCUT2D eigenvalue weighted by atomic mass is 32.2. The second-order valence-electron chi connectivity index (χ2n) is 7.09. The number of Topliss-reactive ketones (excluding diaryl/α,β-unsaturated/α-hetero) is 1. The maximum absolute atomic E-state index is 12.8. The number of hydrogen-bond donors (Lipinski definition) is 1. The van der Waals surface area contributed by atoms with Crippen LogP contribution in [0.2, 0.25) is 0 Å². The van der Waals surface area contributed by atoms with Crippen molar-refractivity contribution in [2.24, 2.45) is 0 Å². The number of fused-ring (bicyclic) bond motifs is 2. The van der Waals surface area contributed by atoms with E-state index in [-0.39, 0.29) is 11.3 Å². The number of anilines is 1. The van der Waals surface area contributed by atoms with Crippen molar-refractivity contribution in [3.63, 3.8) is 0 Å². The Morgan fingerprint density at radius 1 is 1.17 bits per heavy atom. The molecule has 1 aliphatic rings. The Balaban J connectivity index is 1.52. The number of para-hydroxylation sites is 1. The molecule has 1 atom stereocenters. The van der Waals surface area contributed by atoms with Crippen LogP contribution < -0.4 is 4.31 Å². The number of nitrogens with zero attached hydrogens (tertiary/aromatic N) is 1. The van der Waals surface area contributed by atoms with Crippen molar-refractivity contribution in [2.75, 3.05) is 17.1 Å². The Hall–Kier alpha value is -3.13. The molecule has 1 aromatic heterocycles. The zero-order valence-electron chi connectivity index (χ0n) is 16.0. The van der Waals surface area contributed by atoms with Gasteiger partial charge in [-0.3, -0.25) is 9.10 Å². The predicted molar refractivity (Wildman–Crippen MR) is 110 cm³/mol. The molecule has 2 heterocycles. The molecule has 3 aromatic rings. The lowest BCUT2D eigenvalue weighted by Crippen LogP contribution is -2.27. The fourth-order valence-corrected chi connectivity index (χ4v) is 4.58. The smallest absolute Gasteiger partial charge is 0.338 e. The van der Waals surface area contributed by atoms with Crippen molar-refractivity contribution < 1.29 is 22.7 Å². The average molecular weight is 412 g/mol. The number of esters is 1. The van der Waals surface area contributed by atoms with Gasteiger partial charge in [-0.1, -0.05) is 18.2 Å². The molecule has 0 amide bonds. The van der Waals surface area contributed by atoms with Crippen molar-refractivity contribution in [3.05, 3.63) is 65.4 Å². The fraction of sp³-hybridized carbons (Fsp3) is 0.238. The molecule has 0 aliphatic carbocycles. The van der Waals surface area contributed by atoms with Gasteiger partial charge in [-0.15, -0.1) is 0 Å². The average Bonchev–Trinajstić information content (AvgIpc) is 3.30. The first kappa shape index (κ1) is 19.2. The summed E-state index contributed by atoms with van der Waals surface area (Å²) in [6, 6.07) is 12.2. The lowest BCUT2D eigenvalue weighted by molar-refractivity contribution is 0.0319. The van der Waals surface area contributed by atoms with E-state index >= 15 is 0 Å². The van der Waals surface area contributed by atoms with Crippen molar-refractivity contribution in [1.82, 2.24) is 4.98 Å². The van der Waals surface area contributed by atoms with Crippen molar-refractivity contribution in [2.45, 2.75) is 19.4 Å². The first-order chi connectivity index (χ1) is 13.8. The fourth-order valence-electron chi connectivity index (χ4n) is 3.62. The molecule has 0 saturated carbocycles.